The average molecular weight is 353 g/mol. The van der Waals surface area contributed by atoms with E-state index in [1.54, 1.807) is 12.1 Å². The van der Waals surface area contributed by atoms with Crippen molar-refractivity contribution in [1.29, 1.82) is 0 Å². The molecule has 1 atom stereocenters. The molecule has 0 spiro atoms. The molecule has 0 saturated heterocycles. The van der Waals surface area contributed by atoms with Gasteiger partial charge in [0, 0.05) is 30.2 Å². The Morgan fingerprint density at radius 2 is 1.92 bits per heavy atom. The van der Waals surface area contributed by atoms with Crippen molar-refractivity contribution in [3.63, 3.8) is 0 Å². The van der Waals surface area contributed by atoms with Gasteiger partial charge in [-0.05, 0) is 49.7 Å². The lowest BCUT2D eigenvalue weighted by Crippen LogP contribution is -2.43. The summed E-state index contributed by atoms with van der Waals surface area (Å²) in [5.41, 5.74) is 3.29. The van der Waals surface area contributed by atoms with Crippen LogP contribution in [0.3, 0.4) is 0 Å². The van der Waals surface area contributed by atoms with Gasteiger partial charge in [-0.3, -0.25) is 9.69 Å². The third-order valence-electron chi connectivity index (χ3n) is 4.75. The number of amides is 1. The van der Waals surface area contributed by atoms with Gasteiger partial charge in [0.15, 0.2) is 0 Å². The largest absolute Gasteiger partial charge is 0.361 e. The number of nitrogens with zero attached hydrogens (tertiary/aromatic N) is 1. The van der Waals surface area contributed by atoms with Gasteiger partial charge in [0.1, 0.15) is 5.82 Å². The van der Waals surface area contributed by atoms with Crippen LogP contribution in [0.2, 0.25) is 0 Å². The fraction of sp³-hybridized carbons (Fsp3) is 0.286. The summed E-state index contributed by atoms with van der Waals surface area (Å²) >= 11 is 0. The first-order valence-corrected chi connectivity index (χ1v) is 8.82. The standard InChI is InChI=1S/C21H24FN3O/c1-15(25(2)14-16-7-9-18(22)10-8-16)21(26)23-12-11-17-13-24-20-6-4-3-5-19(17)20/h3-10,13,15,24H,11-12,14H2,1-2H3,(H,23,26)/t15-/m1/s1. The fourth-order valence-electron chi connectivity index (χ4n) is 3.02. The highest BCUT2D eigenvalue weighted by molar-refractivity contribution is 5.83. The third kappa shape index (κ3) is 4.29. The quantitative estimate of drug-likeness (QED) is 0.683. The van der Waals surface area contributed by atoms with Gasteiger partial charge in [-0.2, -0.15) is 0 Å². The van der Waals surface area contributed by atoms with Crippen LogP contribution in [0, 0.1) is 5.82 Å². The monoisotopic (exact) mass is 353 g/mol. The van der Waals surface area contributed by atoms with Crippen molar-refractivity contribution in [2.24, 2.45) is 0 Å². The number of aromatic nitrogens is 1. The second kappa shape index (κ2) is 8.15. The van der Waals surface area contributed by atoms with Gasteiger partial charge in [-0.1, -0.05) is 30.3 Å². The molecule has 0 aliphatic heterocycles. The van der Waals surface area contributed by atoms with Crippen LogP contribution in [0.1, 0.15) is 18.1 Å². The van der Waals surface area contributed by atoms with E-state index >= 15 is 0 Å². The van der Waals surface area contributed by atoms with E-state index in [0.717, 1.165) is 17.5 Å². The zero-order valence-corrected chi connectivity index (χ0v) is 15.1. The molecule has 3 aromatic rings. The topological polar surface area (TPSA) is 48.1 Å². The maximum atomic E-state index is 13.0. The Bertz CT molecular complexity index is 872. The van der Waals surface area contributed by atoms with E-state index < -0.39 is 0 Å². The molecule has 5 heteroatoms. The Hall–Kier alpha value is -2.66. The van der Waals surface area contributed by atoms with Crippen LogP contribution in [0.25, 0.3) is 10.9 Å². The van der Waals surface area contributed by atoms with E-state index in [1.165, 1.54) is 23.1 Å². The van der Waals surface area contributed by atoms with Crippen molar-refractivity contribution >= 4 is 16.8 Å². The number of benzene rings is 2. The Balaban J connectivity index is 1.50. The first kappa shape index (κ1) is 18.1. The van der Waals surface area contributed by atoms with Crippen LogP contribution < -0.4 is 5.32 Å². The van der Waals surface area contributed by atoms with Gasteiger partial charge in [-0.25, -0.2) is 4.39 Å². The molecule has 0 radical (unpaired) electrons. The minimum Gasteiger partial charge on any atom is -0.361 e. The summed E-state index contributed by atoms with van der Waals surface area (Å²) in [5, 5.41) is 4.20. The lowest BCUT2D eigenvalue weighted by molar-refractivity contribution is -0.125. The zero-order valence-electron chi connectivity index (χ0n) is 15.1. The molecule has 0 aliphatic rings. The molecule has 4 nitrogen and oxygen atoms in total. The molecule has 0 saturated carbocycles. The van der Waals surface area contributed by atoms with E-state index in [1.807, 2.05) is 43.3 Å². The highest BCUT2D eigenvalue weighted by Gasteiger charge is 2.17. The second-order valence-corrected chi connectivity index (χ2v) is 6.62. The number of aromatic amines is 1. The van der Waals surface area contributed by atoms with E-state index in [-0.39, 0.29) is 17.8 Å². The Morgan fingerprint density at radius 1 is 1.19 bits per heavy atom. The number of para-hydroxylation sites is 1. The number of hydrogen-bond acceptors (Lipinski definition) is 2. The number of fused-ring (bicyclic) bond motifs is 1. The molecule has 0 bridgehead atoms. The molecular formula is C21H24FN3O. The van der Waals surface area contributed by atoms with Gasteiger partial charge in [0.05, 0.1) is 6.04 Å². The van der Waals surface area contributed by atoms with Crippen molar-refractivity contribution < 1.29 is 9.18 Å². The minimum absolute atomic E-state index is 0.00514. The van der Waals surface area contributed by atoms with E-state index in [0.29, 0.717) is 13.1 Å². The van der Waals surface area contributed by atoms with E-state index in [9.17, 15) is 9.18 Å². The second-order valence-electron chi connectivity index (χ2n) is 6.62. The zero-order chi connectivity index (χ0) is 18.5. The number of carbonyl (C=O) groups excluding carboxylic acids is 1. The first-order chi connectivity index (χ1) is 12.5. The minimum atomic E-state index is -0.261. The molecule has 2 N–H and O–H groups in total. The van der Waals surface area contributed by atoms with Crippen molar-refractivity contribution in [2.45, 2.75) is 25.9 Å². The van der Waals surface area contributed by atoms with Gasteiger partial charge in [0.25, 0.3) is 0 Å². The summed E-state index contributed by atoms with van der Waals surface area (Å²) in [5.74, 6) is -0.256. The van der Waals surface area contributed by atoms with E-state index in [2.05, 4.69) is 16.4 Å². The van der Waals surface area contributed by atoms with Crippen molar-refractivity contribution in [2.75, 3.05) is 13.6 Å². The number of hydrogen-bond donors (Lipinski definition) is 2. The lowest BCUT2D eigenvalue weighted by Gasteiger charge is -2.24. The first-order valence-electron chi connectivity index (χ1n) is 8.82. The third-order valence-corrected chi connectivity index (χ3v) is 4.75. The molecule has 26 heavy (non-hydrogen) atoms. The van der Waals surface area contributed by atoms with Crippen LogP contribution in [0.4, 0.5) is 4.39 Å². The normalized spacial score (nSPS) is 12.5. The van der Waals surface area contributed by atoms with Crippen LogP contribution >= 0.6 is 0 Å². The summed E-state index contributed by atoms with van der Waals surface area (Å²) in [4.78, 5) is 17.6. The van der Waals surface area contributed by atoms with Gasteiger partial charge in [-0.15, -0.1) is 0 Å². The lowest BCUT2D eigenvalue weighted by atomic mass is 10.1. The maximum Gasteiger partial charge on any atom is 0.237 e. The Kier molecular flexibility index (Phi) is 5.68. The summed E-state index contributed by atoms with van der Waals surface area (Å²) in [6.45, 7) is 3.07. The van der Waals surface area contributed by atoms with Crippen molar-refractivity contribution in [3.8, 4) is 0 Å². The Morgan fingerprint density at radius 3 is 2.69 bits per heavy atom. The van der Waals surface area contributed by atoms with Crippen LogP contribution in [0.5, 0.6) is 0 Å². The molecule has 2 aromatic carbocycles. The molecule has 0 fully saturated rings. The van der Waals surface area contributed by atoms with Crippen molar-refractivity contribution in [3.05, 3.63) is 71.7 Å². The van der Waals surface area contributed by atoms with Gasteiger partial charge in [0.2, 0.25) is 5.91 Å². The predicted molar refractivity (Wildman–Crippen MR) is 102 cm³/mol. The number of likely N-dealkylation sites (N-methyl/N-ethyl adjacent to an activating group) is 1. The molecule has 136 valence electrons. The highest BCUT2D eigenvalue weighted by atomic mass is 19.1. The number of H-pyrrole nitrogens is 1. The van der Waals surface area contributed by atoms with Crippen LogP contribution in [-0.2, 0) is 17.8 Å². The average Bonchev–Trinajstić information content (AvgIpc) is 3.06. The van der Waals surface area contributed by atoms with Crippen molar-refractivity contribution in [1.82, 2.24) is 15.2 Å². The molecule has 3 rings (SSSR count). The van der Waals surface area contributed by atoms with Gasteiger partial charge < -0.3 is 10.3 Å². The summed E-state index contributed by atoms with van der Waals surface area (Å²) < 4.78 is 13.0. The summed E-state index contributed by atoms with van der Waals surface area (Å²) in [6, 6.07) is 14.3. The summed E-state index contributed by atoms with van der Waals surface area (Å²) in [7, 11) is 1.90. The number of rotatable bonds is 7. The SMILES string of the molecule is C[C@H](C(=O)NCCc1c[nH]c2ccccc12)N(C)Cc1ccc(F)cc1. The van der Waals surface area contributed by atoms with E-state index in [4.69, 9.17) is 0 Å². The predicted octanol–water partition coefficient (Wildman–Crippen LogP) is 3.49. The van der Waals surface area contributed by atoms with Gasteiger partial charge >= 0.3 is 0 Å². The molecule has 0 aliphatic carbocycles. The fourth-order valence-corrected chi connectivity index (χ4v) is 3.02. The molecule has 1 aromatic heterocycles. The Labute approximate surface area is 153 Å². The van der Waals surface area contributed by atoms with Crippen LogP contribution in [-0.4, -0.2) is 35.4 Å². The number of carbonyl (C=O) groups is 1. The smallest absolute Gasteiger partial charge is 0.237 e. The molecule has 1 amide bonds. The molecule has 1 heterocycles. The van der Waals surface area contributed by atoms with Crippen LogP contribution in [0.15, 0.2) is 54.7 Å². The number of nitrogens with one attached hydrogen (secondary N) is 2. The number of halogens is 1. The highest BCUT2D eigenvalue weighted by Crippen LogP contribution is 2.17. The molecule has 0 unspecified atom stereocenters. The summed E-state index contributed by atoms with van der Waals surface area (Å²) in [6.07, 6.45) is 2.78. The maximum absolute atomic E-state index is 13.0. The molecular weight excluding hydrogens is 329 g/mol.